The van der Waals surface area contributed by atoms with E-state index in [0.717, 1.165) is 5.56 Å². The number of nitrogen functional groups attached to an aromatic ring is 1. The SMILES string of the molecule is Cc1cc(C(=O)NCCc2ccc(F)cc2)nc(N)n1. The third-order valence-electron chi connectivity index (χ3n) is 2.72. The molecule has 0 saturated heterocycles. The first-order chi connectivity index (χ1) is 9.54. The number of benzene rings is 1. The Morgan fingerprint density at radius 3 is 2.65 bits per heavy atom. The number of aromatic nitrogens is 2. The van der Waals surface area contributed by atoms with Gasteiger partial charge in [-0.05, 0) is 37.1 Å². The number of hydrogen-bond donors (Lipinski definition) is 2. The summed E-state index contributed by atoms with van der Waals surface area (Å²) in [5.74, 6) is -0.497. The molecule has 5 nitrogen and oxygen atoms in total. The first-order valence-electron chi connectivity index (χ1n) is 6.18. The molecule has 0 saturated carbocycles. The van der Waals surface area contributed by atoms with Gasteiger partial charge < -0.3 is 11.1 Å². The summed E-state index contributed by atoms with van der Waals surface area (Å²) in [6, 6.07) is 7.74. The molecule has 2 aromatic rings. The van der Waals surface area contributed by atoms with Crippen molar-refractivity contribution in [2.24, 2.45) is 0 Å². The molecule has 0 spiro atoms. The van der Waals surface area contributed by atoms with Crippen molar-refractivity contribution >= 4 is 11.9 Å². The van der Waals surface area contributed by atoms with Crippen molar-refractivity contribution in [2.75, 3.05) is 12.3 Å². The van der Waals surface area contributed by atoms with Crippen molar-refractivity contribution < 1.29 is 9.18 Å². The van der Waals surface area contributed by atoms with Gasteiger partial charge in [-0.2, -0.15) is 0 Å². The molecule has 0 bridgehead atoms. The van der Waals surface area contributed by atoms with Gasteiger partial charge >= 0.3 is 0 Å². The molecule has 0 aliphatic carbocycles. The number of nitrogens with two attached hydrogens (primary N) is 1. The third-order valence-corrected chi connectivity index (χ3v) is 2.72. The molecule has 1 aromatic heterocycles. The number of carbonyl (C=O) groups excluding carboxylic acids is 1. The summed E-state index contributed by atoms with van der Waals surface area (Å²) >= 11 is 0. The highest BCUT2D eigenvalue weighted by Crippen LogP contribution is 2.04. The summed E-state index contributed by atoms with van der Waals surface area (Å²) in [7, 11) is 0. The van der Waals surface area contributed by atoms with Crippen LogP contribution in [0.2, 0.25) is 0 Å². The zero-order chi connectivity index (χ0) is 14.5. The minimum absolute atomic E-state index is 0.0775. The van der Waals surface area contributed by atoms with Crippen LogP contribution in [-0.2, 0) is 6.42 Å². The van der Waals surface area contributed by atoms with Gasteiger partial charge in [-0.25, -0.2) is 14.4 Å². The maximum Gasteiger partial charge on any atom is 0.270 e. The molecule has 6 heteroatoms. The van der Waals surface area contributed by atoms with Gasteiger partial charge in [0.05, 0.1) is 0 Å². The van der Waals surface area contributed by atoms with E-state index in [1.807, 2.05) is 0 Å². The van der Waals surface area contributed by atoms with Crippen LogP contribution in [0.15, 0.2) is 30.3 Å². The van der Waals surface area contributed by atoms with Crippen molar-refractivity contribution in [3.8, 4) is 0 Å². The summed E-state index contributed by atoms with van der Waals surface area (Å²) in [4.78, 5) is 19.7. The monoisotopic (exact) mass is 274 g/mol. The predicted octanol–water partition coefficient (Wildman–Crippen LogP) is 1.48. The van der Waals surface area contributed by atoms with Gasteiger partial charge in [0.15, 0.2) is 0 Å². The lowest BCUT2D eigenvalue weighted by molar-refractivity contribution is 0.0949. The second-order valence-electron chi connectivity index (χ2n) is 4.39. The minimum Gasteiger partial charge on any atom is -0.368 e. The number of carbonyl (C=O) groups is 1. The van der Waals surface area contributed by atoms with Gasteiger partial charge in [0.2, 0.25) is 5.95 Å². The molecule has 0 atom stereocenters. The summed E-state index contributed by atoms with van der Waals surface area (Å²) in [6.45, 7) is 2.18. The van der Waals surface area contributed by atoms with E-state index in [0.29, 0.717) is 18.7 Å². The van der Waals surface area contributed by atoms with Crippen molar-refractivity contribution in [1.29, 1.82) is 0 Å². The smallest absolute Gasteiger partial charge is 0.270 e. The highest BCUT2D eigenvalue weighted by molar-refractivity contribution is 5.92. The number of nitrogens with zero attached hydrogens (tertiary/aromatic N) is 2. The lowest BCUT2D eigenvalue weighted by atomic mass is 10.1. The van der Waals surface area contributed by atoms with Crippen molar-refractivity contribution in [3.05, 3.63) is 53.1 Å². The fraction of sp³-hybridized carbons (Fsp3) is 0.214. The minimum atomic E-state index is -0.302. The molecule has 104 valence electrons. The van der Waals surface area contributed by atoms with E-state index in [4.69, 9.17) is 5.73 Å². The second-order valence-corrected chi connectivity index (χ2v) is 4.39. The summed E-state index contributed by atoms with van der Waals surface area (Å²) in [6.07, 6.45) is 0.617. The van der Waals surface area contributed by atoms with Crippen molar-refractivity contribution in [3.63, 3.8) is 0 Å². The summed E-state index contributed by atoms with van der Waals surface area (Å²) in [5, 5.41) is 2.74. The molecule has 1 aromatic carbocycles. The van der Waals surface area contributed by atoms with E-state index in [2.05, 4.69) is 15.3 Å². The van der Waals surface area contributed by atoms with Crippen LogP contribution in [0.5, 0.6) is 0 Å². The molecular formula is C14H15FN4O. The van der Waals surface area contributed by atoms with Crippen LogP contribution in [0.3, 0.4) is 0 Å². The number of amides is 1. The van der Waals surface area contributed by atoms with E-state index in [1.54, 1.807) is 25.1 Å². The number of anilines is 1. The van der Waals surface area contributed by atoms with Gasteiger partial charge in [-0.3, -0.25) is 4.79 Å². The molecular weight excluding hydrogens is 259 g/mol. The van der Waals surface area contributed by atoms with E-state index in [9.17, 15) is 9.18 Å². The quantitative estimate of drug-likeness (QED) is 0.885. The predicted molar refractivity (Wildman–Crippen MR) is 73.6 cm³/mol. The van der Waals surface area contributed by atoms with Crippen LogP contribution < -0.4 is 11.1 Å². The van der Waals surface area contributed by atoms with Crippen molar-refractivity contribution in [2.45, 2.75) is 13.3 Å². The van der Waals surface area contributed by atoms with E-state index < -0.39 is 0 Å². The van der Waals surface area contributed by atoms with E-state index >= 15 is 0 Å². The fourth-order valence-electron chi connectivity index (χ4n) is 1.77. The van der Waals surface area contributed by atoms with Gasteiger partial charge in [0.25, 0.3) is 5.91 Å². The van der Waals surface area contributed by atoms with Crippen molar-refractivity contribution in [1.82, 2.24) is 15.3 Å². The average Bonchev–Trinajstić information content (AvgIpc) is 2.40. The lowest BCUT2D eigenvalue weighted by Gasteiger charge is -2.06. The molecule has 3 N–H and O–H groups in total. The molecule has 2 rings (SSSR count). The molecule has 0 radical (unpaired) electrons. The Morgan fingerprint density at radius 2 is 2.00 bits per heavy atom. The molecule has 0 aliphatic heterocycles. The molecule has 0 unspecified atom stereocenters. The molecule has 0 aliphatic rings. The van der Waals surface area contributed by atoms with Crippen LogP contribution in [0, 0.1) is 12.7 Å². The number of rotatable bonds is 4. The Hall–Kier alpha value is -2.50. The third kappa shape index (κ3) is 3.74. The molecule has 1 heterocycles. The lowest BCUT2D eigenvalue weighted by Crippen LogP contribution is -2.27. The summed E-state index contributed by atoms with van der Waals surface area (Å²) < 4.78 is 12.7. The Morgan fingerprint density at radius 1 is 1.30 bits per heavy atom. The van der Waals surface area contributed by atoms with Crippen LogP contribution in [0.1, 0.15) is 21.7 Å². The zero-order valence-electron chi connectivity index (χ0n) is 11.1. The van der Waals surface area contributed by atoms with Gasteiger partial charge in [-0.1, -0.05) is 12.1 Å². The highest BCUT2D eigenvalue weighted by atomic mass is 19.1. The number of hydrogen-bond acceptors (Lipinski definition) is 4. The molecule has 0 fully saturated rings. The maximum atomic E-state index is 12.7. The highest BCUT2D eigenvalue weighted by Gasteiger charge is 2.08. The normalized spacial score (nSPS) is 10.3. The first kappa shape index (κ1) is 13.9. The molecule has 1 amide bonds. The fourth-order valence-corrected chi connectivity index (χ4v) is 1.77. The Balaban J connectivity index is 1.90. The summed E-state index contributed by atoms with van der Waals surface area (Å²) in [5.41, 5.74) is 7.33. The Kier molecular flexibility index (Phi) is 4.24. The number of halogens is 1. The van der Waals surface area contributed by atoms with Gasteiger partial charge in [-0.15, -0.1) is 0 Å². The number of nitrogens with one attached hydrogen (secondary N) is 1. The van der Waals surface area contributed by atoms with Crippen LogP contribution in [0.25, 0.3) is 0 Å². The van der Waals surface area contributed by atoms with Crippen LogP contribution in [0.4, 0.5) is 10.3 Å². The topological polar surface area (TPSA) is 80.9 Å². The Bertz CT molecular complexity index is 593. The zero-order valence-corrected chi connectivity index (χ0v) is 11.1. The van der Waals surface area contributed by atoms with Crippen LogP contribution in [-0.4, -0.2) is 22.4 Å². The van der Waals surface area contributed by atoms with Gasteiger partial charge in [0.1, 0.15) is 11.5 Å². The van der Waals surface area contributed by atoms with Gasteiger partial charge in [0, 0.05) is 12.2 Å². The largest absolute Gasteiger partial charge is 0.368 e. The standard InChI is InChI=1S/C14H15FN4O/c1-9-8-12(19-14(16)18-9)13(20)17-7-6-10-2-4-11(15)5-3-10/h2-5,8H,6-7H2,1H3,(H,17,20)(H2,16,18,19). The van der Waals surface area contributed by atoms with Crippen LogP contribution >= 0.6 is 0 Å². The Labute approximate surface area is 116 Å². The number of aryl methyl sites for hydroxylation is 1. The maximum absolute atomic E-state index is 12.7. The average molecular weight is 274 g/mol. The first-order valence-corrected chi connectivity index (χ1v) is 6.18. The molecule has 20 heavy (non-hydrogen) atoms. The van der Waals surface area contributed by atoms with E-state index in [-0.39, 0.29) is 23.4 Å². The second kappa shape index (κ2) is 6.10. The van der Waals surface area contributed by atoms with E-state index in [1.165, 1.54) is 12.1 Å².